The molecule has 0 spiro atoms. The van der Waals surface area contributed by atoms with Crippen LogP contribution in [0.3, 0.4) is 0 Å². The first-order chi connectivity index (χ1) is 19.3. The van der Waals surface area contributed by atoms with E-state index in [2.05, 4.69) is 69.4 Å². The summed E-state index contributed by atoms with van der Waals surface area (Å²) in [7, 11) is 0. The summed E-state index contributed by atoms with van der Waals surface area (Å²) in [6.07, 6.45) is 7.34. The van der Waals surface area contributed by atoms with Crippen molar-refractivity contribution >= 4 is 27.6 Å². The lowest BCUT2D eigenvalue weighted by Gasteiger charge is -2.11. The van der Waals surface area contributed by atoms with Gasteiger partial charge >= 0.3 is 0 Å². The molecule has 4 heteroatoms. The minimum absolute atomic E-state index is 0.607. The van der Waals surface area contributed by atoms with E-state index in [-0.39, 0.29) is 0 Å². The lowest BCUT2D eigenvalue weighted by molar-refractivity contribution is 0.671. The normalized spacial score (nSPS) is 11.1. The maximum Gasteiger partial charge on any atom is 0.195 e. The summed E-state index contributed by atoms with van der Waals surface area (Å²) >= 11 is 0. The van der Waals surface area contributed by atoms with E-state index >= 15 is 0 Å². The van der Waals surface area contributed by atoms with Crippen molar-refractivity contribution in [3.63, 3.8) is 0 Å². The van der Waals surface area contributed by atoms with Crippen molar-refractivity contribution in [1.29, 1.82) is 0 Å². The van der Waals surface area contributed by atoms with Gasteiger partial charge in [0.15, 0.2) is 5.69 Å². The summed E-state index contributed by atoms with van der Waals surface area (Å²) in [4.78, 5) is 12.4. The van der Waals surface area contributed by atoms with E-state index < -0.39 is 0 Å². The number of para-hydroxylation sites is 3. The van der Waals surface area contributed by atoms with Crippen molar-refractivity contribution < 1.29 is 4.42 Å². The number of aromatic nitrogens is 2. The summed E-state index contributed by atoms with van der Waals surface area (Å²) in [6, 6.07) is 34.7. The largest absolute Gasteiger partial charge is 0.455 e. The Bertz CT molecular complexity index is 1960. The quantitative estimate of drug-likeness (QED) is 0.226. The molecular formula is C35H21N3O. The van der Waals surface area contributed by atoms with E-state index in [1.807, 2.05) is 60.9 Å². The first kappa shape index (κ1) is 22.7. The highest BCUT2D eigenvalue weighted by atomic mass is 16.3. The molecule has 0 aliphatic carbocycles. The van der Waals surface area contributed by atoms with Crippen LogP contribution < -0.4 is 0 Å². The standard InChI is InChI=1S/C35H21N3O/c1-36-33-15-3-2-10-29(33)30-12-5-14-32-31-13-4-11-28(34(31)39-35(30)32)27-19-25(23-8-6-16-37-21-23)18-26(20-27)24-9-7-17-38-22-24/h2-22H. The second kappa shape index (κ2) is 9.41. The fraction of sp³-hybridized carbons (Fsp3) is 0. The lowest BCUT2D eigenvalue weighted by Crippen LogP contribution is -1.87. The monoisotopic (exact) mass is 499 g/mol. The fourth-order valence-electron chi connectivity index (χ4n) is 5.24. The van der Waals surface area contributed by atoms with Gasteiger partial charge in [-0.1, -0.05) is 72.8 Å². The number of hydrogen-bond acceptors (Lipinski definition) is 3. The first-order valence-corrected chi connectivity index (χ1v) is 12.7. The minimum atomic E-state index is 0.607. The van der Waals surface area contributed by atoms with Crippen LogP contribution in [0.2, 0.25) is 0 Å². The summed E-state index contributed by atoms with van der Waals surface area (Å²) in [5.74, 6) is 0. The maximum atomic E-state index is 7.66. The van der Waals surface area contributed by atoms with E-state index in [0.29, 0.717) is 5.69 Å². The second-order valence-electron chi connectivity index (χ2n) is 9.38. The van der Waals surface area contributed by atoms with Crippen molar-refractivity contribution in [3.8, 4) is 44.5 Å². The van der Waals surface area contributed by atoms with Gasteiger partial charge in [-0.3, -0.25) is 9.97 Å². The Morgan fingerprint density at radius 3 is 1.69 bits per heavy atom. The van der Waals surface area contributed by atoms with Gasteiger partial charge in [-0.05, 0) is 52.6 Å². The van der Waals surface area contributed by atoms with Crippen LogP contribution in [0.15, 0.2) is 132 Å². The van der Waals surface area contributed by atoms with Crippen LogP contribution in [0.5, 0.6) is 0 Å². The molecule has 0 aliphatic heterocycles. The van der Waals surface area contributed by atoms with E-state index in [1.165, 1.54) is 0 Å². The molecule has 0 bridgehead atoms. The molecule has 0 aliphatic rings. The molecule has 39 heavy (non-hydrogen) atoms. The number of pyridine rings is 2. The van der Waals surface area contributed by atoms with Gasteiger partial charge in [-0.15, -0.1) is 0 Å². The first-order valence-electron chi connectivity index (χ1n) is 12.7. The summed E-state index contributed by atoms with van der Waals surface area (Å²) in [5, 5.41) is 2.07. The number of fused-ring (bicyclic) bond motifs is 3. The molecule has 182 valence electrons. The van der Waals surface area contributed by atoms with Crippen LogP contribution in [-0.2, 0) is 0 Å². The molecule has 4 nitrogen and oxygen atoms in total. The number of hydrogen-bond donors (Lipinski definition) is 0. The summed E-state index contributed by atoms with van der Waals surface area (Å²) in [5.41, 5.74) is 10.3. The van der Waals surface area contributed by atoms with Crippen LogP contribution in [0.4, 0.5) is 5.69 Å². The van der Waals surface area contributed by atoms with Crippen LogP contribution >= 0.6 is 0 Å². The topological polar surface area (TPSA) is 43.3 Å². The number of nitrogens with zero attached hydrogens (tertiary/aromatic N) is 3. The highest BCUT2D eigenvalue weighted by Gasteiger charge is 2.18. The van der Waals surface area contributed by atoms with Gasteiger partial charge in [0.25, 0.3) is 0 Å². The molecule has 0 fully saturated rings. The zero-order chi connectivity index (χ0) is 26.2. The molecule has 7 aromatic rings. The van der Waals surface area contributed by atoms with Crippen LogP contribution in [0.1, 0.15) is 0 Å². The predicted molar refractivity (Wildman–Crippen MR) is 157 cm³/mol. The molecule has 0 saturated carbocycles. The van der Waals surface area contributed by atoms with E-state index in [9.17, 15) is 0 Å². The van der Waals surface area contributed by atoms with E-state index in [4.69, 9.17) is 11.0 Å². The third-order valence-corrected chi connectivity index (χ3v) is 7.07. The van der Waals surface area contributed by atoms with Crippen LogP contribution in [0.25, 0.3) is 71.3 Å². The van der Waals surface area contributed by atoms with Crippen molar-refractivity contribution in [2.24, 2.45) is 0 Å². The molecule has 0 atom stereocenters. The third kappa shape index (κ3) is 3.94. The number of furan rings is 1. The molecular weight excluding hydrogens is 478 g/mol. The third-order valence-electron chi connectivity index (χ3n) is 7.07. The van der Waals surface area contributed by atoms with Crippen molar-refractivity contribution in [2.45, 2.75) is 0 Å². The van der Waals surface area contributed by atoms with Gasteiger partial charge < -0.3 is 4.42 Å². The second-order valence-corrected chi connectivity index (χ2v) is 9.38. The van der Waals surface area contributed by atoms with Gasteiger partial charge in [-0.2, -0.15) is 0 Å². The summed E-state index contributed by atoms with van der Waals surface area (Å²) in [6.45, 7) is 7.66. The van der Waals surface area contributed by atoms with Gasteiger partial charge in [0.1, 0.15) is 11.2 Å². The Kier molecular flexibility index (Phi) is 5.46. The van der Waals surface area contributed by atoms with E-state index in [1.54, 1.807) is 12.4 Å². The van der Waals surface area contributed by atoms with Gasteiger partial charge in [0.2, 0.25) is 0 Å². The zero-order valence-electron chi connectivity index (χ0n) is 20.9. The summed E-state index contributed by atoms with van der Waals surface area (Å²) < 4.78 is 6.69. The SMILES string of the molecule is [C-]#[N+]c1ccccc1-c1cccc2c1oc1c(-c3cc(-c4cccnc4)cc(-c4cccnc4)c3)cccc12. The predicted octanol–water partition coefficient (Wildman–Crippen LogP) is 9.59. The van der Waals surface area contributed by atoms with Gasteiger partial charge in [-0.25, -0.2) is 4.85 Å². The lowest BCUT2D eigenvalue weighted by atomic mass is 9.93. The molecule has 0 unspecified atom stereocenters. The minimum Gasteiger partial charge on any atom is -0.455 e. The molecule has 0 saturated heterocycles. The van der Waals surface area contributed by atoms with E-state index in [0.717, 1.165) is 66.4 Å². The Labute approximate surface area is 225 Å². The number of rotatable bonds is 4. The van der Waals surface area contributed by atoms with Crippen LogP contribution in [-0.4, -0.2) is 9.97 Å². The molecule has 0 N–H and O–H groups in total. The van der Waals surface area contributed by atoms with Crippen molar-refractivity contribution in [2.75, 3.05) is 0 Å². The highest BCUT2D eigenvalue weighted by Crippen LogP contribution is 2.43. The van der Waals surface area contributed by atoms with Crippen molar-refractivity contribution in [3.05, 3.63) is 139 Å². The Hall–Kier alpha value is -5.53. The molecule has 0 amide bonds. The Balaban J connectivity index is 1.49. The van der Waals surface area contributed by atoms with Crippen LogP contribution in [0, 0.1) is 6.57 Å². The smallest absolute Gasteiger partial charge is 0.195 e. The molecule has 3 aromatic heterocycles. The Morgan fingerprint density at radius 1 is 0.513 bits per heavy atom. The molecule has 4 aromatic carbocycles. The zero-order valence-corrected chi connectivity index (χ0v) is 20.9. The van der Waals surface area contributed by atoms with Gasteiger partial charge in [0, 0.05) is 57.8 Å². The Morgan fingerprint density at radius 2 is 1.08 bits per heavy atom. The maximum absolute atomic E-state index is 7.66. The average molecular weight is 500 g/mol. The number of benzene rings is 4. The van der Waals surface area contributed by atoms with Gasteiger partial charge in [0.05, 0.1) is 6.57 Å². The fourth-order valence-corrected chi connectivity index (χ4v) is 5.24. The average Bonchev–Trinajstić information content (AvgIpc) is 3.41. The highest BCUT2D eigenvalue weighted by molar-refractivity contribution is 6.13. The molecule has 7 rings (SSSR count). The molecule has 0 radical (unpaired) electrons. The molecule has 3 heterocycles. The van der Waals surface area contributed by atoms with Crippen molar-refractivity contribution in [1.82, 2.24) is 9.97 Å².